The van der Waals surface area contributed by atoms with Crippen LogP contribution in [-0.2, 0) is 0 Å². The zero-order valence-electron chi connectivity index (χ0n) is 6.87. The van der Waals surface area contributed by atoms with Crippen molar-refractivity contribution in [3.63, 3.8) is 0 Å². The maximum atomic E-state index is 5.83. The van der Waals surface area contributed by atoms with Gasteiger partial charge in [-0.1, -0.05) is 0 Å². The van der Waals surface area contributed by atoms with Crippen LogP contribution in [0.25, 0.3) is 0 Å². The van der Waals surface area contributed by atoms with E-state index in [0.29, 0.717) is 0 Å². The first-order valence-electron chi connectivity index (χ1n) is 3.74. The number of pyridine rings is 1. The van der Waals surface area contributed by atoms with E-state index in [1.54, 1.807) is 6.20 Å². The summed E-state index contributed by atoms with van der Waals surface area (Å²) in [7, 11) is 0. The second kappa shape index (κ2) is 3.98. The zero-order valence-corrected chi connectivity index (χ0v) is 8.45. The molecule has 2 atom stereocenters. The third kappa shape index (κ3) is 2.27. The summed E-state index contributed by atoms with van der Waals surface area (Å²) in [5.74, 6) is 0. The van der Waals surface area contributed by atoms with E-state index in [-0.39, 0.29) is 12.1 Å². The maximum Gasteiger partial charge on any atom is 0.106 e. The Bertz CT molecular complexity index is 262. The Kier molecular flexibility index (Phi) is 3.20. The van der Waals surface area contributed by atoms with Crippen LogP contribution in [0, 0.1) is 0 Å². The molecular weight excluding hydrogens is 218 g/mol. The minimum atomic E-state index is -0.121. The molecule has 3 nitrogen and oxygen atoms in total. The third-order valence-electron chi connectivity index (χ3n) is 1.70. The summed E-state index contributed by atoms with van der Waals surface area (Å²) in [6, 6.07) is 3.59. The van der Waals surface area contributed by atoms with E-state index in [9.17, 15) is 0 Å². The lowest BCUT2D eigenvalue weighted by Crippen LogP contribution is -2.31. The molecule has 0 radical (unpaired) electrons. The van der Waals surface area contributed by atoms with Crippen LogP contribution in [0.3, 0.4) is 0 Å². The van der Waals surface area contributed by atoms with Gasteiger partial charge in [-0.25, -0.2) is 4.98 Å². The Morgan fingerprint density at radius 3 is 2.67 bits per heavy atom. The van der Waals surface area contributed by atoms with Crippen LogP contribution >= 0.6 is 15.9 Å². The van der Waals surface area contributed by atoms with E-state index >= 15 is 0 Å². The minimum Gasteiger partial charge on any atom is -0.326 e. The number of aromatic nitrogens is 1. The van der Waals surface area contributed by atoms with E-state index in [1.165, 1.54) is 0 Å². The van der Waals surface area contributed by atoms with Gasteiger partial charge < -0.3 is 11.5 Å². The molecule has 0 saturated carbocycles. The maximum absolute atomic E-state index is 5.83. The smallest absolute Gasteiger partial charge is 0.106 e. The average Bonchev–Trinajstić information content (AvgIpc) is 2.03. The number of halogens is 1. The number of rotatable bonds is 2. The average molecular weight is 230 g/mol. The van der Waals surface area contributed by atoms with E-state index < -0.39 is 0 Å². The Morgan fingerprint density at radius 1 is 1.50 bits per heavy atom. The van der Waals surface area contributed by atoms with Crippen molar-refractivity contribution in [2.75, 3.05) is 0 Å². The molecule has 2 unspecified atom stereocenters. The summed E-state index contributed by atoms with van der Waals surface area (Å²) in [6.07, 6.45) is 1.71. The molecule has 1 heterocycles. The first-order valence-corrected chi connectivity index (χ1v) is 4.53. The first-order chi connectivity index (χ1) is 5.61. The van der Waals surface area contributed by atoms with Gasteiger partial charge in [0.05, 0.1) is 0 Å². The van der Waals surface area contributed by atoms with Crippen molar-refractivity contribution in [2.45, 2.75) is 19.0 Å². The second-order valence-electron chi connectivity index (χ2n) is 2.80. The number of hydrogen-bond donors (Lipinski definition) is 2. The normalized spacial score (nSPS) is 15.7. The lowest BCUT2D eigenvalue weighted by molar-refractivity contribution is 0.588. The van der Waals surface area contributed by atoms with Crippen LogP contribution in [0.1, 0.15) is 18.5 Å². The van der Waals surface area contributed by atoms with Crippen molar-refractivity contribution in [2.24, 2.45) is 11.5 Å². The van der Waals surface area contributed by atoms with Gasteiger partial charge in [-0.2, -0.15) is 0 Å². The lowest BCUT2D eigenvalue weighted by atomic mass is 10.0. The fourth-order valence-corrected chi connectivity index (χ4v) is 1.31. The van der Waals surface area contributed by atoms with Crippen molar-refractivity contribution >= 4 is 15.9 Å². The molecule has 0 fully saturated rings. The molecule has 0 spiro atoms. The predicted octanol–water partition coefficient (Wildman–Crippen LogP) is 1.19. The molecule has 1 aromatic heterocycles. The van der Waals surface area contributed by atoms with Crippen molar-refractivity contribution in [3.05, 3.63) is 28.5 Å². The molecule has 1 aromatic rings. The van der Waals surface area contributed by atoms with Gasteiger partial charge in [-0.05, 0) is 40.5 Å². The quantitative estimate of drug-likeness (QED) is 0.750. The highest BCUT2D eigenvalue weighted by atomic mass is 79.9. The van der Waals surface area contributed by atoms with Crippen molar-refractivity contribution in [1.29, 1.82) is 0 Å². The SMILES string of the molecule is CC(N)C(N)c1ccnc(Br)c1. The van der Waals surface area contributed by atoms with Gasteiger partial charge in [0, 0.05) is 18.3 Å². The van der Waals surface area contributed by atoms with Gasteiger partial charge in [0.2, 0.25) is 0 Å². The van der Waals surface area contributed by atoms with Gasteiger partial charge in [0.25, 0.3) is 0 Å². The molecule has 0 saturated heterocycles. The predicted molar refractivity (Wildman–Crippen MR) is 52.5 cm³/mol. The van der Waals surface area contributed by atoms with Crippen LogP contribution < -0.4 is 11.5 Å². The van der Waals surface area contributed by atoms with Gasteiger partial charge in [0.1, 0.15) is 4.60 Å². The Balaban J connectivity index is 2.88. The van der Waals surface area contributed by atoms with E-state index in [1.807, 2.05) is 19.1 Å². The molecule has 12 heavy (non-hydrogen) atoms. The molecule has 4 heteroatoms. The zero-order chi connectivity index (χ0) is 9.14. The monoisotopic (exact) mass is 229 g/mol. The molecule has 66 valence electrons. The van der Waals surface area contributed by atoms with E-state index in [0.717, 1.165) is 10.2 Å². The highest BCUT2D eigenvalue weighted by Crippen LogP contribution is 2.15. The van der Waals surface area contributed by atoms with Crippen LogP contribution in [0.5, 0.6) is 0 Å². The van der Waals surface area contributed by atoms with Crippen LogP contribution in [0.2, 0.25) is 0 Å². The highest BCUT2D eigenvalue weighted by molar-refractivity contribution is 9.10. The standard InChI is InChI=1S/C8H12BrN3/c1-5(10)8(11)6-2-3-12-7(9)4-6/h2-5,8H,10-11H2,1H3. The molecular formula is C8H12BrN3. The summed E-state index contributed by atoms with van der Waals surface area (Å²) >= 11 is 3.27. The van der Waals surface area contributed by atoms with Crippen molar-refractivity contribution < 1.29 is 0 Å². The van der Waals surface area contributed by atoms with Crippen molar-refractivity contribution in [1.82, 2.24) is 4.98 Å². The molecule has 0 aliphatic rings. The Morgan fingerprint density at radius 2 is 2.17 bits per heavy atom. The van der Waals surface area contributed by atoms with Gasteiger partial charge in [0.15, 0.2) is 0 Å². The largest absolute Gasteiger partial charge is 0.326 e. The molecule has 0 bridgehead atoms. The molecule has 0 aliphatic heterocycles. The first kappa shape index (κ1) is 9.64. The number of nitrogens with two attached hydrogens (primary N) is 2. The number of nitrogens with zero attached hydrogens (tertiary/aromatic N) is 1. The van der Waals surface area contributed by atoms with Gasteiger partial charge in [-0.3, -0.25) is 0 Å². The summed E-state index contributed by atoms with van der Waals surface area (Å²) in [5.41, 5.74) is 12.5. The van der Waals surface area contributed by atoms with Crippen LogP contribution in [0.4, 0.5) is 0 Å². The molecule has 0 amide bonds. The topological polar surface area (TPSA) is 64.9 Å². The molecule has 0 aromatic carbocycles. The molecule has 0 aliphatic carbocycles. The van der Waals surface area contributed by atoms with Crippen molar-refractivity contribution in [3.8, 4) is 0 Å². The highest BCUT2D eigenvalue weighted by Gasteiger charge is 2.10. The lowest BCUT2D eigenvalue weighted by Gasteiger charge is -2.15. The Hall–Kier alpha value is -0.450. The number of hydrogen-bond acceptors (Lipinski definition) is 3. The molecule has 1 rings (SSSR count). The van der Waals surface area contributed by atoms with E-state index in [2.05, 4.69) is 20.9 Å². The fraction of sp³-hybridized carbons (Fsp3) is 0.375. The minimum absolute atomic E-state index is 0.0423. The summed E-state index contributed by atoms with van der Waals surface area (Å²) in [5, 5.41) is 0. The van der Waals surface area contributed by atoms with Crippen LogP contribution in [0.15, 0.2) is 22.9 Å². The summed E-state index contributed by atoms with van der Waals surface area (Å²) in [4.78, 5) is 4.00. The van der Waals surface area contributed by atoms with Gasteiger partial charge in [-0.15, -0.1) is 0 Å². The molecule has 4 N–H and O–H groups in total. The Labute approximate surface area is 80.3 Å². The van der Waals surface area contributed by atoms with Gasteiger partial charge >= 0.3 is 0 Å². The second-order valence-corrected chi connectivity index (χ2v) is 3.61. The summed E-state index contributed by atoms with van der Waals surface area (Å²) in [6.45, 7) is 1.89. The van der Waals surface area contributed by atoms with Crippen LogP contribution in [-0.4, -0.2) is 11.0 Å². The summed E-state index contributed by atoms with van der Waals surface area (Å²) < 4.78 is 0.788. The third-order valence-corrected chi connectivity index (χ3v) is 2.14. The van der Waals surface area contributed by atoms with E-state index in [4.69, 9.17) is 11.5 Å². The fourth-order valence-electron chi connectivity index (χ4n) is 0.928.